The van der Waals surface area contributed by atoms with Crippen LogP contribution in [0.15, 0.2) is 41.3 Å². The molecule has 0 spiro atoms. The lowest BCUT2D eigenvalue weighted by Crippen LogP contribution is -2.25. The number of amides is 1. The molecule has 0 bridgehead atoms. The van der Waals surface area contributed by atoms with Crippen LogP contribution in [-0.4, -0.2) is 26.6 Å². The third-order valence-electron chi connectivity index (χ3n) is 3.96. The molecule has 1 heterocycles. The summed E-state index contributed by atoms with van der Waals surface area (Å²) in [5.41, 5.74) is 1.24. The van der Waals surface area contributed by atoms with Crippen LogP contribution >= 0.6 is 11.3 Å². The fraction of sp³-hybridized carbons (Fsp3) is 0.421. The highest BCUT2D eigenvalue weighted by molar-refractivity contribution is 7.91. The third kappa shape index (κ3) is 5.41. The zero-order chi connectivity index (χ0) is 18.3. The fourth-order valence-electron chi connectivity index (χ4n) is 2.61. The molecule has 2 rings (SSSR count). The van der Waals surface area contributed by atoms with Gasteiger partial charge >= 0.3 is 0 Å². The number of sulfone groups is 1. The van der Waals surface area contributed by atoms with E-state index in [4.69, 9.17) is 0 Å². The Labute approximate surface area is 154 Å². The van der Waals surface area contributed by atoms with Gasteiger partial charge in [-0.05, 0) is 43.0 Å². The first-order chi connectivity index (χ1) is 12.0. The molecule has 0 saturated heterocycles. The van der Waals surface area contributed by atoms with Crippen LogP contribution in [0.5, 0.6) is 0 Å². The molecule has 1 amide bonds. The minimum absolute atomic E-state index is 0.0308. The molecule has 0 aliphatic carbocycles. The molecule has 0 aliphatic heterocycles. The monoisotopic (exact) mass is 379 g/mol. The summed E-state index contributed by atoms with van der Waals surface area (Å²) in [7, 11) is -3.29. The molecule has 136 valence electrons. The molecular weight excluding hydrogens is 354 g/mol. The van der Waals surface area contributed by atoms with Crippen LogP contribution in [0.3, 0.4) is 0 Å². The highest BCUT2D eigenvalue weighted by Crippen LogP contribution is 2.24. The molecule has 6 heteroatoms. The van der Waals surface area contributed by atoms with E-state index in [1.165, 1.54) is 10.4 Å². The molecule has 1 aromatic heterocycles. The first-order valence-corrected chi connectivity index (χ1v) is 11.1. The third-order valence-corrected chi connectivity index (χ3v) is 7.01. The van der Waals surface area contributed by atoms with E-state index in [-0.39, 0.29) is 11.7 Å². The van der Waals surface area contributed by atoms with E-state index in [1.54, 1.807) is 41.7 Å². The summed E-state index contributed by atoms with van der Waals surface area (Å²) in [6, 6.07) is 10.4. The summed E-state index contributed by atoms with van der Waals surface area (Å²) in [5, 5.41) is 2.84. The second-order valence-corrected chi connectivity index (χ2v) is 9.15. The second kappa shape index (κ2) is 9.15. The van der Waals surface area contributed by atoms with Gasteiger partial charge in [-0.15, -0.1) is 11.3 Å². The average Bonchev–Trinajstić information content (AvgIpc) is 3.03. The summed E-state index contributed by atoms with van der Waals surface area (Å²) in [6.45, 7) is 4.58. The molecule has 1 aromatic carbocycles. The van der Waals surface area contributed by atoms with Gasteiger partial charge in [-0.2, -0.15) is 0 Å². The van der Waals surface area contributed by atoms with Crippen molar-refractivity contribution in [3.63, 3.8) is 0 Å². The lowest BCUT2D eigenvalue weighted by Gasteiger charge is -2.05. The van der Waals surface area contributed by atoms with Gasteiger partial charge in [0, 0.05) is 11.4 Å². The van der Waals surface area contributed by atoms with Crippen LogP contribution < -0.4 is 5.32 Å². The Morgan fingerprint density at radius 3 is 2.52 bits per heavy atom. The van der Waals surface area contributed by atoms with E-state index in [1.807, 2.05) is 6.07 Å². The predicted octanol–water partition coefficient (Wildman–Crippen LogP) is 3.86. The Hall–Kier alpha value is -1.66. The van der Waals surface area contributed by atoms with Gasteiger partial charge in [0.25, 0.3) is 5.91 Å². The highest BCUT2D eigenvalue weighted by Gasteiger charge is 2.15. The number of carbonyl (C=O) groups is 1. The topological polar surface area (TPSA) is 63.2 Å². The van der Waals surface area contributed by atoms with E-state index in [2.05, 4.69) is 19.2 Å². The van der Waals surface area contributed by atoms with Gasteiger partial charge in [-0.1, -0.05) is 38.5 Å². The van der Waals surface area contributed by atoms with Crippen molar-refractivity contribution in [2.24, 2.45) is 0 Å². The van der Waals surface area contributed by atoms with Crippen LogP contribution in [0.2, 0.25) is 0 Å². The Bertz CT molecular complexity index is 795. The minimum atomic E-state index is -3.29. The van der Waals surface area contributed by atoms with Gasteiger partial charge in [-0.3, -0.25) is 4.79 Å². The normalized spacial score (nSPS) is 11.4. The van der Waals surface area contributed by atoms with E-state index in [9.17, 15) is 13.2 Å². The predicted molar refractivity (Wildman–Crippen MR) is 103 cm³/mol. The number of rotatable bonds is 9. The van der Waals surface area contributed by atoms with Gasteiger partial charge in [0.2, 0.25) is 0 Å². The maximum absolute atomic E-state index is 12.3. The van der Waals surface area contributed by atoms with Crippen LogP contribution in [0.25, 0.3) is 0 Å². The van der Waals surface area contributed by atoms with Gasteiger partial charge in [0.1, 0.15) is 0 Å². The van der Waals surface area contributed by atoms with Gasteiger partial charge in [0.05, 0.1) is 15.5 Å². The molecule has 25 heavy (non-hydrogen) atoms. The number of thiophene rings is 1. The summed E-state index contributed by atoms with van der Waals surface area (Å²) in [4.78, 5) is 14.6. The van der Waals surface area contributed by atoms with Crippen molar-refractivity contribution in [1.82, 2.24) is 5.32 Å². The van der Waals surface area contributed by atoms with Crippen LogP contribution in [-0.2, 0) is 22.7 Å². The Balaban J connectivity index is 1.87. The molecule has 0 unspecified atom stereocenters. The van der Waals surface area contributed by atoms with E-state index in [0.29, 0.717) is 22.7 Å². The number of benzene rings is 1. The van der Waals surface area contributed by atoms with E-state index < -0.39 is 9.84 Å². The maximum Gasteiger partial charge on any atom is 0.261 e. The Morgan fingerprint density at radius 1 is 1.16 bits per heavy atom. The van der Waals surface area contributed by atoms with Crippen molar-refractivity contribution < 1.29 is 13.2 Å². The molecule has 2 aromatic rings. The minimum Gasteiger partial charge on any atom is -0.351 e. The first kappa shape index (κ1) is 19.7. The summed E-state index contributed by atoms with van der Waals surface area (Å²) in [5.74, 6) is -0.0811. The van der Waals surface area contributed by atoms with Crippen molar-refractivity contribution in [3.05, 3.63) is 51.7 Å². The van der Waals surface area contributed by atoms with Gasteiger partial charge in [0.15, 0.2) is 9.84 Å². The summed E-state index contributed by atoms with van der Waals surface area (Å²) in [6.07, 6.45) is 3.38. The lowest BCUT2D eigenvalue weighted by atomic mass is 10.1. The van der Waals surface area contributed by atoms with Crippen molar-refractivity contribution in [1.29, 1.82) is 0 Å². The lowest BCUT2D eigenvalue weighted by molar-refractivity contribution is 0.0957. The molecule has 4 nitrogen and oxygen atoms in total. The van der Waals surface area contributed by atoms with Crippen molar-refractivity contribution in [2.75, 3.05) is 12.3 Å². The average molecular weight is 380 g/mol. The number of carbonyl (C=O) groups excluding carboxylic acids is 1. The largest absolute Gasteiger partial charge is 0.351 e. The molecule has 0 radical (unpaired) electrons. The van der Waals surface area contributed by atoms with Crippen LogP contribution in [0, 0.1) is 0 Å². The molecule has 0 saturated carbocycles. The number of hydrogen-bond acceptors (Lipinski definition) is 4. The van der Waals surface area contributed by atoms with Gasteiger partial charge in [-0.25, -0.2) is 8.42 Å². The molecule has 0 aliphatic rings. The zero-order valence-electron chi connectivity index (χ0n) is 14.7. The first-order valence-electron chi connectivity index (χ1n) is 8.65. The molecular formula is C19H25NO3S2. The number of hydrogen-bond donors (Lipinski definition) is 1. The van der Waals surface area contributed by atoms with E-state index >= 15 is 0 Å². The van der Waals surface area contributed by atoms with Crippen molar-refractivity contribution >= 4 is 27.1 Å². The van der Waals surface area contributed by atoms with Crippen molar-refractivity contribution in [2.45, 2.75) is 44.4 Å². The summed E-state index contributed by atoms with van der Waals surface area (Å²) >= 11 is 1.55. The Morgan fingerprint density at radius 2 is 1.88 bits per heavy atom. The maximum atomic E-state index is 12.3. The molecule has 0 fully saturated rings. The SMILES string of the molecule is CCCc1sc(C(=O)NCCCS(=O)(=O)c2ccccc2)cc1CC. The molecule has 0 atom stereocenters. The standard InChI is InChI=1S/C19H25NO3S2/c1-3-9-17-15(4-2)14-18(24-17)19(21)20-12-8-13-25(22,23)16-10-6-5-7-11-16/h5-7,10-11,14H,3-4,8-9,12-13H2,1-2H3,(H,20,21). The quantitative estimate of drug-likeness (QED) is 0.673. The smallest absolute Gasteiger partial charge is 0.261 e. The van der Waals surface area contributed by atoms with Gasteiger partial charge < -0.3 is 5.32 Å². The van der Waals surface area contributed by atoms with Crippen LogP contribution in [0.1, 0.15) is 46.8 Å². The Kier molecular flexibility index (Phi) is 7.20. The second-order valence-electron chi connectivity index (χ2n) is 5.90. The van der Waals surface area contributed by atoms with E-state index in [0.717, 1.165) is 19.3 Å². The number of nitrogens with one attached hydrogen (secondary N) is 1. The highest BCUT2D eigenvalue weighted by atomic mass is 32.2. The van der Waals surface area contributed by atoms with Crippen LogP contribution in [0.4, 0.5) is 0 Å². The number of aryl methyl sites for hydroxylation is 2. The fourth-order valence-corrected chi connectivity index (χ4v) is 5.22. The van der Waals surface area contributed by atoms with Crippen molar-refractivity contribution in [3.8, 4) is 0 Å². The molecule has 1 N–H and O–H groups in total. The summed E-state index contributed by atoms with van der Waals surface area (Å²) < 4.78 is 24.4. The zero-order valence-corrected chi connectivity index (χ0v) is 16.4.